The van der Waals surface area contributed by atoms with E-state index < -0.39 is 0 Å². The number of benzene rings is 2. The standard InChI is InChI=1S/C24H28N2O3S/c1-6-23(25)30-22-14-19(9-8-16(22)3)15-24(27)26-18(5)29-17(4)20-10-12-21(13-11-20)28-7-2/h6,8-14H,4-5,7,15,25H2,1-3H3,(H,26,27)/b23-6-. The number of carbonyl (C=O) groups is 1. The Hall–Kier alpha value is -3.12. The van der Waals surface area contributed by atoms with Crippen molar-refractivity contribution >= 4 is 23.4 Å². The molecule has 0 radical (unpaired) electrons. The van der Waals surface area contributed by atoms with Crippen molar-refractivity contribution in [2.45, 2.75) is 32.1 Å². The average Bonchev–Trinajstić information content (AvgIpc) is 2.70. The van der Waals surface area contributed by atoms with Crippen LogP contribution >= 0.6 is 11.8 Å². The average molecular weight is 425 g/mol. The summed E-state index contributed by atoms with van der Waals surface area (Å²) in [6, 6.07) is 13.2. The monoisotopic (exact) mass is 424 g/mol. The van der Waals surface area contributed by atoms with Crippen LogP contribution in [0.2, 0.25) is 0 Å². The van der Waals surface area contributed by atoms with Gasteiger partial charge >= 0.3 is 0 Å². The van der Waals surface area contributed by atoms with Gasteiger partial charge in [-0.3, -0.25) is 10.1 Å². The SMILES string of the molecule is C=C(NC(=O)Cc1ccc(C)c(S/C(N)=C\C)c1)OC(=C)c1ccc(OCC)cc1. The van der Waals surface area contributed by atoms with Gasteiger partial charge in [0, 0.05) is 10.5 Å². The lowest BCUT2D eigenvalue weighted by molar-refractivity contribution is -0.120. The Morgan fingerprint density at radius 3 is 2.53 bits per heavy atom. The fraction of sp³-hybridized carbons (Fsp3) is 0.208. The molecule has 0 aliphatic carbocycles. The molecule has 6 heteroatoms. The summed E-state index contributed by atoms with van der Waals surface area (Å²) in [4.78, 5) is 13.4. The van der Waals surface area contributed by atoms with E-state index in [2.05, 4.69) is 18.5 Å². The first kappa shape index (κ1) is 23.2. The van der Waals surface area contributed by atoms with Crippen LogP contribution in [0.1, 0.15) is 30.5 Å². The summed E-state index contributed by atoms with van der Waals surface area (Å²) in [6.45, 7) is 14.1. The number of nitrogens with one attached hydrogen (secondary N) is 1. The Labute approximate surface area is 182 Å². The summed E-state index contributed by atoms with van der Waals surface area (Å²) < 4.78 is 11.0. The molecule has 0 aliphatic rings. The van der Waals surface area contributed by atoms with Crippen LogP contribution in [0.5, 0.6) is 5.75 Å². The summed E-state index contributed by atoms with van der Waals surface area (Å²) in [5.74, 6) is 1.06. The quantitative estimate of drug-likeness (QED) is 0.409. The van der Waals surface area contributed by atoms with Gasteiger partial charge in [0.1, 0.15) is 11.5 Å². The minimum atomic E-state index is -0.224. The number of aryl methyl sites for hydroxylation is 1. The molecule has 1 amide bonds. The lowest BCUT2D eigenvalue weighted by Crippen LogP contribution is -2.25. The molecule has 0 saturated heterocycles. The molecule has 0 atom stereocenters. The predicted octanol–water partition coefficient (Wildman–Crippen LogP) is 5.12. The molecule has 3 N–H and O–H groups in total. The Morgan fingerprint density at radius 1 is 1.20 bits per heavy atom. The van der Waals surface area contributed by atoms with Gasteiger partial charge in [0.15, 0.2) is 5.88 Å². The molecule has 30 heavy (non-hydrogen) atoms. The summed E-state index contributed by atoms with van der Waals surface area (Å²) in [6.07, 6.45) is 2.05. The molecule has 0 heterocycles. The topological polar surface area (TPSA) is 73.6 Å². The number of hydrogen-bond donors (Lipinski definition) is 2. The van der Waals surface area contributed by atoms with E-state index in [1.54, 1.807) is 0 Å². The maximum Gasteiger partial charge on any atom is 0.231 e. The van der Waals surface area contributed by atoms with E-state index in [4.69, 9.17) is 15.2 Å². The zero-order chi connectivity index (χ0) is 22.1. The molecule has 0 aromatic heterocycles. The van der Waals surface area contributed by atoms with Crippen LogP contribution in [-0.2, 0) is 16.0 Å². The zero-order valence-corrected chi connectivity index (χ0v) is 18.5. The number of allylic oxidation sites excluding steroid dienone is 1. The van der Waals surface area contributed by atoms with Crippen LogP contribution in [0.15, 0.2) is 77.5 Å². The maximum absolute atomic E-state index is 12.4. The van der Waals surface area contributed by atoms with Gasteiger partial charge in [-0.2, -0.15) is 0 Å². The molecule has 0 fully saturated rings. The van der Waals surface area contributed by atoms with Crippen molar-refractivity contribution in [3.8, 4) is 5.75 Å². The highest BCUT2D eigenvalue weighted by Gasteiger charge is 2.10. The van der Waals surface area contributed by atoms with Gasteiger partial charge in [0.25, 0.3) is 0 Å². The van der Waals surface area contributed by atoms with Crippen LogP contribution in [0.4, 0.5) is 0 Å². The molecule has 0 spiro atoms. The molecule has 2 rings (SSSR count). The van der Waals surface area contributed by atoms with Gasteiger partial charge < -0.3 is 15.2 Å². The first-order valence-corrected chi connectivity index (χ1v) is 10.4. The Morgan fingerprint density at radius 2 is 1.90 bits per heavy atom. The molecule has 0 unspecified atom stereocenters. The van der Waals surface area contributed by atoms with E-state index in [1.807, 2.05) is 69.3 Å². The number of ether oxygens (including phenoxy) is 2. The second-order valence-electron chi connectivity index (χ2n) is 6.52. The van der Waals surface area contributed by atoms with E-state index in [-0.39, 0.29) is 18.2 Å². The first-order chi connectivity index (χ1) is 14.3. The molecule has 2 aromatic carbocycles. The van der Waals surface area contributed by atoms with Gasteiger partial charge in [0.05, 0.1) is 18.1 Å². The molecule has 2 aromatic rings. The van der Waals surface area contributed by atoms with Crippen LogP contribution < -0.4 is 15.8 Å². The third-order valence-electron chi connectivity index (χ3n) is 4.14. The van der Waals surface area contributed by atoms with Crippen molar-refractivity contribution in [3.63, 3.8) is 0 Å². The Bertz CT molecular complexity index is 949. The number of hydrogen-bond acceptors (Lipinski definition) is 5. The van der Waals surface area contributed by atoms with Crippen LogP contribution in [0.25, 0.3) is 5.76 Å². The second kappa shape index (κ2) is 11.2. The van der Waals surface area contributed by atoms with Crippen molar-refractivity contribution in [2.75, 3.05) is 6.61 Å². The zero-order valence-electron chi connectivity index (χ0n) is 17.7. The molecular formula is C24H28N2O3S. The molecule has 0 saturated carbocycles. The third-order valence-corrected chi connectivity index (χ3v) is 5.27. The lowest BCUT2D eigenvalue weighted by Gasteiger charge is -2.13. The van der Waals surface area contributed by atoms with E-state index in [0.717, 1.165) is 27.3 Å². The second-order valence-corrected chi connectivity index (χ2v) is 7.64. The molecule has 0 aliphatic heterocycles. The van der Waals surface area contributed by atoms with E-state index in [9.17, 15) is 4.79 Å². The van der Waals surface area contributed by atoms with Crippen molar-refractivity contribution in [2.24, 2.45) is 5.73 Å². The predicted molar refractivity (Wildman–Crippen MR) is 124 cm³/mol. The molecule has 5 nitrogen and oxygen atoms in total. The highest BCUT2D eigenvalue weighted by atomic mass is 32.2. The Balaban J connectivity index is 1.92. The number of thioether (sulfide) groups is 1. The smallest absolute Gasteiger partial charge is 0.231 e. The minimum Gasteiger partial charge on any atom is -0.494 e. The van der Waals surface area contributed by atoms with E-state index in [0.29, 0.717) is 17.4 Å². The normalized spacial score (nSPS) is 11.0. The highest BCUT2D eigenvalue weighted by molar-refractivity contribution is 8.03. The summed E-state index contributed by atoms with van der Waals surface area (Å²) >= 11 is 1.48. The molecule has 158 valence electrons. The van der Waals surface area contributed by atoms with Crippen molar-refractivity contribution in [3.05, 3.63) is 89.3 Å². The van der Waals surface area contributed by atoms with Crippen LogP contribution in [0.3, 0.4) is 0 Å². The number of carbonyl (C=O) groups excluding carboxylic acids is 1. The first-order valence-electron chi connectivity index (χ1n) is 9.60. The Kier molecular flexibility index (Phi) is 8.62. The summed E-state index contributed by atoms with van der Waals surface area (Å²) in [5, 5.41) is 3.38. The minimum absolute atomic E-state index is 0.124. The van der Waals surface area contributed by atoms with Crippen molar-refractivity contribution < 1.29 is 14.3 Å². The van der Waals surface area contributed by atoms with Crippen LogP contribution in [-0.4, -0.2) is 12.5 Å². The fourth-order valence-corrected chi connectivity index (χ4v) is 3.38. The summed E-state index contributed by atoms with van der Waals surface area (Å²) in [5.41, 5.74) is 8.67. The molecular weight excluding hydrogens is 396 g/mol. The van der Waals surface area contributed by atoms with Gasteiger partial charge in [-0.1, -0.05) is 36.5 Å². The fourth-order valence-electron chi connectivity index (χ4n) is 2.57. The number of nitrogens with two attached hydrogens (primary N) is 1. The van der Waals surface area contributed by atoms with Gasteiger partial charge in [0.2, 0.25) is 5.91 Å². The van der Waals surface area contributed by atoms with Gasteiger partial charge in [-0.15, -0.1) is 0 Å². The van der Waals surface area contributed by atoms with Gasteiger partial charge in [-0.05, 0) is 68.8 Å². The van der Waals surface area contributed by atoms with Crippen molar-refractivity contribution in [1.82, 2.24) is 5.32 Å². The van der Waals surface area contributed by atoms with Gasteiger partial charge in [-0.25, -0.2) is 0 Å². The molecule has 0 bridgehead atoms. The third kappa shape index (κ3) is 7.04. The highest BCUT2D eigenvalue weighted by Crippen LogP contribution is 2.28. The van der Waals surface area contributed by atoms with E-state index in [1.165, 1.54) is 11.8 Å². The maximum atomic E-state index is 12.4. The summed E-state index contributed by atoms with van der Waals surface area (Å²) in [7, 11) is 0. The van der Waals surface area contributed by atoms with Crippen LogP contribution in [0, 0.1) is 6.92 Å². The number of amides is 1. The van der Waals surface area contributed by atoms with E-state index >= 15 is 0 Å². The number of rotatable bonds is 10. The lowest BCUT2D eigenvalue weighted by atomic mass is 10.1. The van der Waals surface area contributed by atoms with Crippen molar-refractivity contribution in [1.29, 1.82) is 0 Å². The largest absolute Gasteiger partial charge is 0.494 e.